The number of ether oxygens (including phenoxy) is 2. The van der Waals surface area contributed by atoms with Gasteiger partial charge in [0.15, 0.2) is 0 Å². The molecular formula is C12H17NO2. The van der Waals surface area contributed by atoms with Crippen molar-refractivity contribution < 1.29 is 9.47 Å². The molecule has 82 valence electrons. The molecule has 15 heavy (non-hydrogen) atoms. The molecule has 1 rings (SSSR count). The fraction of sp³-hybridized carbons (Fsp3) is 0.333. The van der Waals surface area contributed by atoms with Crippen molar-refractivity contribution in [1.29, 1.82) is 0 Å². The number of hydrogen-bond donors (Lipinski definition) is 1. The highest BCUT2D eigenvalue weighted by Crippen LogP contribution is 2.23. The van der Waals surface area contributed by atoms with Crippen LogP contribution >= 0.6 is 0 Å². The zero-order valence-electron chi connectivity index (χ0n) is 9.25. The molecule has 0 unspecified atom stereocenters. The molecule has 0 spiro atoms. The Balaban J connectivity index is 3.05. The lowest BCUT2D eigenvalue weighted by atomic mass is 10.1. The van der Waals surface area contributed by atoms with Crippen molar-refractivity contribution in [2.75, 3.05) is 13.7 Å². The first-order valence-electron chi connectivity index (χ1n) is 4.92. The predicted molar refractivity (Wildman–Crippen MR) is 61.5 cm³/mol. The molecule has 0 atom stereocenters. The average molecular weight is 207 g/mol. The van der Waals surface area contributed by atoms with Gasteiger partial charge in [-0.05, 0) is 24.6 Å². The van der Waals surface area contributed by atoms with Crippen molar-refractivity contribution in [3.8, 4) is 5.75 Å². The maximum atomic E-state index is 5.64. The Morgan fingerprint density at radius 1 is 1.47 bits per heavy atom. The van der Waals surface area contributed by atoms with Gasteiger partial charge < -0.3 is 15.2 Å². The highest BCUT2D eigenvalue weighted by Gasteiger charge is 2.07. The minimum Gasteiger partial charge on any atom is -0.497 e. The number of benzene rings is 1. The molecule has 0 fully saturated rings. The molecule has 1 aromatic carbocycles. The summed E-state index contributed by atoms with van der Waals surface area (Å²) in [6.45, 7) is 6.85. The number of methoxy groups -OCH3 is 1. The summed E-state index contributed by atoms with van der Waals surface area (Å²) in [4.78, 5) is 0. The monoisotopic (exact) mass is 207 g/mol. The fourth-order valence-corrected chi connectivity index (χ4v) is 1.37. The minimum absolute atomic E-state index is 0.464. The van der Waals surface area contributed by atoms with E-state index in [9.17, 15) is 0 Å². The minimum atomic E-state index is 0.464. The van der Waals surface area contributed by atoms with Gasteiger partial charge in [0, 0.05) is 12.1 Å². The van der Waals surface area contributed by atoms with E-state index < -0.39 is 0 Å². The summed E-state index contributed by atoms with van der Waals surface area (Å²) in [6.07, 6.45) is 0. The molecule has 0 aliphatic rings. The molecule has 0 heterocycles. The van der Waals surface area contributed by atoms with Crippen LogP contribution in [0.3, 0.4) is 0 Å². The number of nitrogens with two attached hydrogens (primary N) is 1. The van der Waals surface area contributed by atoms with Crippen LogP contribution in [0.15, 0.2) is 24.8 Å². The Bertz CT molecular complexity index is 347. The second kappa shape index (κ2) is 5.41. The van der Waals surface area contributed by atoms with Crippen molar-refractivity contribution in [2.24, 2.45) is 5.73 Å². The molecule has 3 heteroatoms. The molecule has 0 saturated carbocycles. The van der Waals surface area contributed by atoms with Gasteiger partial charge in [0.25, 0.3) is 0 Å². The van der Waals surface area contributed by atoms with Gasteiger partial charge in [0.05, 0.1) is 13.7 Å². The van der Waals surface area contributed by atoms with Crippen LogP contribution in [0.1, 0.15) is 18.1 Å². The van der Waals surface area contributed by atoms with E-state index in [0.717, 1.165) is 16.9 Å². The van der Waals surface area contributed by atoms with Crippen LogP contribution in [0, 0.1) is 0 Å². The van der Waals surface area contributed by atoms with Crippen LogP contribution in [0.2, 0.25) is 0 Å². The number of rotatable bonds is 5. The third-order valence-corrected chi connectivity index (χ3v) is 2.16. The zero-order chi connectivity index (χ0) is 11.3. The van der Waals surface area contributed by atoms with Crippen LogP contribution < -0.4 is 10.5 Å². The molecule has 1 aromatic rings. The zero-order valence-corrected chi connectivity index (χ0v) is 9.25. The summed E-state index contributed by atoms with van der Waals surface area (Å²) >= 11 is 0. The maximum absolute atomic E-state index is 5.64. The molecule has 0 radical (unpaired) electrons. The van der Waals surface area contributed by atoms with Gasteiger partial charge in [-0.25, -0.2) is 0 Å². The first kappa shape index (κ1) is 11.6. The van der Waals surface area contributed by atoms with E-state index >= 15 is 0 Å². The predicted octanol–water partition coefficient (Wildman–Crippen LogP) is 2.16. The van der Waals surface area contributed by atoms with E-state index in [4.69, 9.17) is 15.2 Å². The lowest BCUT2D eigenvalue weighted by Gasteiger charge is -2.12. The number of hydrogen-bond acceptors (Lipinski definition) is 3. The Kier molecular flexibility index (Phi) is 4.18. The van der Waals surface area contributed by atoms with E-state index in [1.165, 1.54) is 0 Å². The van der Waals surface area contributed by atoms with Crippen LogP contribution in [0.5, 0.6) is 5.75 Å². The van der Waals surface area contributed by atoms with Gasteiger partial charge >= 0.3 is 0 Å². The lowest BCUT2D eigenvalue weighted by Crippen LogP contribution is -2.03. The van der Waals surface area contributed by atoms with Crippen molar-refractivity contribution in [3.05, 3.63) is 35.9 Å². The van der Waals surface area contributed by atoms with Crippen LogP contribution in [-0.2, 0) is 11.3 Å². The first-order chi connectivity index (χ1) is 7.22. The summed E-state index contributed by atoms with van der Waals surface area (Å²) in [5.41, 5.74) is 7.56. The summed E-state index contributed by atoms with van der Waals surface area (Å²) in [7, 11) is 1.63. The quantitative estimate of drug-likeness (QED) is 0.752. The normalized spacial score (nSPS) is 9.80. The van der Waals surface area contributed by atoms with Crippen LogP contribution in [0.25, 0.3) is 5.76 Å². The van der Waals surface area contributed by atoms with Crippen molar-refractivity contribution in [2.45, 2.75) is 13.5 Å². The smallest absolute Gasteiger partial charge is 0.119 e. The van der Waals surface area contributed by atoms with E-state index in [0.29, 0.717) is 18.9 Å². The van der Waals surface area contributed by atoms with Gasteiger partial charge in [-0.1, -0.05) is 12.6 Å². The molecule has 0 saturated heterocycles. The maximum Gasteiger partial charge on any atom is 0.119 e. The van der Waals surface area contributed by atoms with Crippen molar-refractivity contribution in [3.63, 3.8) is 0 Å². The average Bonchev–Trinajstić information content (AvgIpc) is 2.28. The Labute approximate surface area is 90.5 Å². The Hall–Kier alpha value is -1.48. The third kappa shape index (κ3) is 2.73. The topological polar surface area (TPSA) is 44.5 Å². The second-order valence-electron chi connectivity index (χ2n) is 3.08. The standard InChI is InChI=1S/C12H17NO2/c1-4-15-9(2)12-7-11(14-3)6-5-10(12)8-13/h5-7H,2,4,8,13H2,1,3H3. The highest BCUT2D eigenvalue weighted by atomic mass is 16.5. The fourth-order valence-electron chi connectivity index (χ4n) is 1.37. The summed E-state index contributed by atoms with van der Waals surface area (Å²) in [6, 6.07) is 5.70. The van der Waals surface area contributed by atoms with E-state index in [-0.39, 0.29) is 0 Å². The molecule has 3 nitrogen and oxygen atoms in total. The molecule has 2 N–H and O–H groups in total. The van der Waals surface area contributed by atoms with Crippen LogP contribution in [-0.4, -0.2) is 13.7 Å². The molecule has 0 aliphatic heterocycles. The molecule has 0 aromatic heterocycles. The highest BCUT2D eigenvalue weighted by molar-refractivity contribution is 5.62. The third-order valence-electron chi connectivity index (χ3n) is 2.16. The van der Waals surface area contributed by atoms with E-state index in [1.54, 1.807) is 7.11 Å². The summed E-state index contributed by atoms with van der Waals surface area (Å²) in [5.74, 6) is 1.42. The Morgan fingerprint density at radius 3 is 2.73 bits per heavy atom. The lowest BCUT2D eigenvalue weighted by molar-refractivity contribution is 0.298. The molecule has 0 bridgehead atoms. The van der Waals surface area contributed by atoms with Gasteiger partial charge in [0.2, 0.25) is 0 Å². The molecular weight excluding hydrogens is 190 g/mol. The van der Waals surface area contributed by atoms with Gasteiger partial charge in [-0.15, -0.1) is 0 Å². The van der Waals surface area contributed by atoms with Gasteiger partial charge in [0.1, 0.15) is 11.5 Å². The van der Waals surface area contributed by atoms with Crippen molar-refractivity contribution in [1.82, 2.24) is 0 Å². The van der Waals surface area contributed by atoms with Crippen LogP contribution in [0.4, 0.5) is 0 Å². The van der Waals surface area contributed by atoms with Crippen molar-refractivity contribution >= 4 is 5.76 Å². The Morgan fingerprint density at radius 2 is 2.20 bits per heavy atom. The largest absolute Gasteiger partial charge is 0.497 e. The first-order valence-corrected chi connectivity index (χ1v) is 4.92. The second-order valence-corrected chi connectivity index (χ2v) is 3.08. The van der Waals surface area contributed by atoms with Gasteiger partial charge in [-0.2, -0.15) is 0 Å². The van der Waals surface area contributed by atoms with E-state index in [1.807, 2.05) is 25.1 Å². The van der Waals surface area contributed by atoms with E-state index in [2.05, 4.69) is 6.58 Å². The molecule has 0 aliphatic carbocycles. The van der Waals surface area contributed by atoms with Gasteiger partial charge in [-0.3, -0.25) is 0 Å². The summed E-state index contributed by atoms with van der Waals surface area (Å²) < 4.78 is 10.5. The summed E-state index contributed by atoms with van der Waals surface area (Å²) in [5, 5.41) is 0. The molecule has 0 amide bonds. The SMILES string of the molecule is C=C(OCC)c1cc(OC)ccc1CN.